The maximum absolute atomic E-state index is 12.8. The Kier molecular flexibility index (Phi) is 7.69. The van der Waals surface area contributed by atoms with Gasteiger partial charge in [-0.15, -0.1) is 0 Å². The molecule has 0 atom stereocenters. The first-order valence-corrected chi connectivity index (χ1v) is 12.0. The standard InChI is InChI=1S/C21H32N6O3S/c1-16-20(17(2)26(4)25-16)14-24-21(22-3)23-13-18-7-5-6-8-19(18)15-31(28,29)27-9-11-30-12-10-27/h5-8H,9-15H2,1-4H3,(H2,22,23,24). The number of morpholine rings is 1. The van der Waals surface area contributed by atoms with Crippen molar-refractivity contribution < 1.29 is 13.2 Å². The number of sulfonamides is 1. The normalized spacial score (nSPS) is 15.8. The van der Waals surface area contributed by atoms with Crippen LogP contribution in [0.25, 0.3) is 0 Å². The van der Waals surface area contributed by atoms with Crippen LogP contribution in [0.3, 0.4) is 0 Å². The largest absolute Gasteiger partial charge is 0.379 e. The molecule has 9 nitrogen and oxygen atoms in total. The van der Waals surface area contributed by atoms with Gasteiger partial charge in [-0.1, -0.05) is 24.3 Å². The van der Waals surface area contributed by atoms with E-state index in [0.29, 0.717) is 45.4 Å². The van der Waals surface area contributed by atoms with E-state index in [9.17, 15) is 8.42 Å². The first-order valence-electron chi connectivity index (χ1n) is 10.4. The van der Waals surface area contributed by atoms with Crippen LogP contribution in [0, 0.1) is 13.8 Å². The van der Waals surface area contributed by atoms with Crippen molar-refractivity contribution in [2.24, 2.45) is 12.0 Å². The third-order valence-corrected chi connectivity index (χ3v) is 7.41. The van der Waals surface area contributed by atoms with Gasteiger partial charge >= 0.3 is 0 Å². The molecule has 0 bridgehead atoms. The fourth-order valence-corrected chi connectivity index (χ4v) is 5.19. The van der Waals surface area contributed by atoms with Gasteiger partial charge < -0.3 is 15.4 Å². The number of benzene rings is 1. The Hall–Kier alpha value is -2.43. The molecule has 1 fully saturated rings. The Morgan fingerprint density at radius 2 is 1.77 bits per heavy atom. The molecule has 0 aliphatic carbocycles. The third kappa shape index (κ3) is 5.84. The molecule has 1 saturated heterocycles. The monoisotopic (exact) mass is 448 g/mol. The number of ether oxygens (including phenoxy) is 1. The number of aryl methyl sites for hydroxylation is 2. The Labute approximate surface area is 184 Å². The summed E-state index contributed by atoms with van der Waals surface area (Å²) in [5, 5.41) is 11.0. The molecule has 170 valence electrons. The highest BCUT2D eigenvalue weighted by Gasteiger charge is 2.25. The van der Waals surface area contributed by atoms with Gasteiger partial charge in [-0.3, -0.25) is 9.67 Å². The van der Waals surface area contributed by atoms with Crippen molar-refractivity contribution in [2.75, 3.05) is 33.4 Å². The molecule has 1 aliphatic rings. The van der Waals surface area contributed by atoms with Crippen LogP contribution >= 0.6 is 0 Å². The topological polar surface area (TPSA) is 101 Å². The lowest BCUT2D eigenvalue weighted by molar-refractivity contribution is 0.0729. The van der Waals surface area contributed by atoms with Gasteiger partial charge in [0.15, 0.2) is 5.96 Å². The van der Waals surface area contributed by atoms with E-state index < -0.39 is 10.0 Å². The zero-order chi connectivity index (χ0) is 22.4. The third-order valence-electron chi connectivity index (χ3n) is 5.58. The number of nitrogens with zero attached hydrogens (tertiary/aromatic N) is 4. The van der Waals surface area contributed by atoms with Crippen LogP contribution in [0.2, 0.25) is 0 Å². The number of aromatic nitrogens is 2. The molecular weight excluding hydrogens is 416 g/mol. The minimum Gasteiger partial charge on any atom is -0.379 e. The van der Waals surface area contributed by atoms with E-state index in [0.717, 1.165) is 28.1 Å². The van der Waals surface area contributed by atoms with Crippen LogP contribution < -0.4 is 10.6 Å². The van der Waals surface area contributed by atoms with Crippen LogP contribution in [0.5, 0.6) is 0 Å². The summed E-state index contributed by atoms with van der Waals surface area (Å²) < 4.78 is 34.3. The second-order valence-electron chi connectivity index (χ2n) is 7.59. The van der Waals surface area contributed by atoms with E-state index in [-0.39, 0.29) is 5.75 Å². The highest BCUT2D eigenvalue weighted by molar-refractivity contribution is 7.88. The second-order valence-corrected chi connectivity index (χ2v) is 9.56. The van der Waals surface area contributed by atoms with Crippen molar-refractivity contribution in [1.29, 1.82) is 0 Å². The van der Waals surface area contributed by atoms with E-state index >= 15 is 0 Å². The lowest BCUT2D eigenvalue weighted by Crippen LogP contribution is -2.41. The van der Waals surface area contributed by atoms with Gasteiger partial charge in [0.1, 0.15) is 0 Å². The maximum Gasteiger partial charge on any atom is 0.218 e. The van der Waals surface area contributed by atoms with Crippen molar-refractivity contribution in [3.8, 4) is 0 Å². The fraction of sp³-hybridized carbons (Fsp3) is 0.524. The van der Waals surface area contributed by atoms with Crippen LogP contribution in [0.15, 0.2) is 29.3 Å². The molecule has 10 heteroatoms. The summed E-state index contributed by atoms with van der Waals surface area (Å²) in [6.45, 7) is 6.82. The van der Waals surface area contributed by atoms with Crippen molar-refractivity contribution in [2.45, 2.75) is 32.7 Å². The SMILES string of the molecule is CN=C(NCc1ccccc1CS(=O)(=O)N1CCOCC1)NCc1c(C)nn(C)c1C. The summed E-state index contributed by atoms with van der Waals surface area (Å²) in [5.41, 5.74) is 4.95. The molecule has 2 aromatic rings. The molecule has 1 aromatic heterocycles. The molecule has 2 N–H and O–H groups in total. The summed E-state index contributed by atoms with van der Waals surface area (Å²) in [6, 6.07) is 7.60. The summed E-state index contributed by atoms with van der Waals surface area (Å²) in [5.74, 6) is 0.624. The summed E-state index contributed by atoms with van der Waals surface area (Å²) in [4.78, 5) is 4.29. The number of guanidine groups is 1. The van der Waals surface area contributed by atoms with Crippen molar-refractivity contribution in [3.63, 3.8) is 0 Å². The number of hydrogen-bond acceptors (Lipinski definition) is 5. The molecular formula is C21H32N6O3S. The lowest BCUT2D eigenvalue weighted by Gasteiger charge is -2.26. The Morgan fingerprint density at radius 3 is 2.39 bits per heavy atom. The summed E-state index contributed by atoms with van der Waals surface area (Å²) >= 11 is 0. The summed E-state index contributed by atoms with van der Waals surface area (Å²) in [7, 11) is 0.261. The number of rotatable bonds is 7. The first-order chi connectivity index (χ1) is 14.8. The molecule has 1 aliphatic heterocycles. The molecule has 1 aromatic carbocycles. The number of hydrogen-bond donors (Lipinski definition) is 2. The molecule has 0 unspecified atom stereocenters. The lowest BCUT2D eigenvalue weighted by atomic mass is 10.1. The van der Waals surface area contributed by atoms with Gasteiger partial charge in [-0.2, -0.15) is 9.40 Å². The van der Waals surface area contributed by atoms with Gasteiger partial charge in [0.2, 0.25) is 10.0 Å². The smallest absolute Gasteiger partial charge is 0.218 e. The highest BCUT2D eigenvalue weighted by atomic mass is 32.2. The minimum absolute atomic E-state index is 0.0229. The van der Waals surface area contributed by atoms with Gasteiger partial charge in [0, 0.05) is 51.5 Å². The van der Waals surface area contributed by atoms with Crippen molar-refractivity contribution in [3.05, 3.63) is 52.3 Å². The Balaban J connectivity index is 1.63. The van der Waals surface area contributed by atoms with Gasteiger partial charge in [-0.25, -0.2) is 8.42 Å². The van der Waals surface area contributed by atoms with Crippen LogP contribution in [0.4, 0.5) is 0 Å². The van der Waals surface area contributed by atoms with Crippen LogP contribution in [-0.2, 0) is 40.7 Å². The maximum atomic E-state index is 12.8. The number of aliphatic imine (C=N–C) groups is 1. The second kappa shape index (κ2) is 10.3. The van der Waals surface area contributed by atoms with Crippen LogP contribution in [-0.4, -0.2) is 61.8 Å². The van der Waals surface area contributed by atoms with E-state index in [1.165, 1.54) is 4.31 Å². The molecule has 2 heterocycles. The van der Waals surface area contributed by atoms with Gasteiger partial charge in [0.05, 0.1) is 24.7 Å². The average Bonchev–Trinajstić information content (AvgIpc) is 3.01. The quantitative estimate of drug-likeness (QED) is 0.485. The number of nitrogens with one attached hydrogen (secondary N) is 2. The van der Waals surface area contributed by atoms with E-state index in [1.807, 2.05) is 49.8 Å². The fourth-order valence-electron chi connectivity index (χ4n) is 3.63. The van der Waals surface area contributed by atoms with E-state index in [1.54, 1.807) is 7.05 Å². The zero-order valence-electron chi connectivity index (χ0n) is 18.7. The molecule has 0 spiro atoms. The van der Waals surface area contributed by atoms with Crippen LogP contribution in [0.1, 0.15) is 28.1 Å². The minimum atomic E-state index is -3.39. The Morgan fingerprint density at radius 1 is 1.13 bits per heavy atom. The first kappa shape index (κ1) is 23.2. The van der Waals surface area contributed by atoms with E-state index in [2.05, 4.69) is 20.7 Å². The predicted octanol–water partition coefficient (Wildman–Crippen LogP) is 1.06. The average molecular weight is 449 g/mol. The summed E-state index contributed by atoms with van der Waals surface area (Å²) in [6.07, 6.45) is 0. The van der Waals surface area contributed by atoms with Crippen molar-refractivity contribution in [1.82, 2.24) is 24.7 Å². The van der Waals surface area contributed by atoms with E-state index in [4.69, 9.17) is 4.74 Å². The predicted molar refractivity (Wildman–Crippen MR) is 121 cm³/mol. The van der Waals surface area contributed by atoms with Crippen molar-refractivity contribution >= 4 is 16.0 Å². The molecule has 3 rings (SSSR count). The highest BCUT2D eigenvalue weighted by Crippen LogP contribution is 2.17. The molecule has 31 heavy (non-hydrogen) atoms. The Bertz CT molecular complexity index is 1030. The van der Waals surface area contributed by atoms with Gasteiger partial charge in [-0.05, 0) is 25.0 Å². The molecule has 0 amide bonds. The zero-order valence-corrected chi connectivity index (χ0v) is 19.5. The van der Waals surface area contributed by atoms with Gasteiger partial charge in [0.25, 0.3) is 0 Å². The molecule has 0 radical (unpaired) electrons. The molecule has 0 saturated carbocycles.